The molecule has 1 aliphatic heterocycles. The van der Waals surface area contributed by atoms with Crippen molar-refractivity contribution in [1.29, 1.82) is 0 Å². The molecule has 2 rings (SSSR count). The molecule has 0 radical (unpaired) electrons. The van der Waals surface area contributed by atoms with Crippen molar-refractivity contribution in [3.8, 4) is 0 Å². The lowest BCUT2D eigenvalue weighted by atomic mass is 10.3. The largest absolute Gasteiger partial charge is 0.378 e. The number of ether oxygens (including phenoxy) is 1. The van der Waals surface area contributed by atoms with Crippen molar-refractivity contribution >= 4 is 23.3 Å². The van der Waals surface area contributed by atoms with Crippen LogP contribution in [0.4, 0.5) is 0 Å². The van der Waals surface area contributed by atoms with E-state index in [2.05, 4.69) is 13.0 Å². The van der Waals surface area contributed by atoms with Gasteiger partial charge in [0.15, 0.2) is 0 Å². The van der Waals surface area contributed by atoms with E-state index in [1.165, 1.54) is 4.88 Å². The minimum atomic E-state index is 0.0781. The Bertz CT molecular complexity index is 391. The summed E-state index contributed by atoms with van der Waals surface area (Å²) in [7, 11) is 0. The molecule has 86 valence electrons. The fourth-order valence-corrected chi connectivity index (χ4v) is 2.37. The second kappa shape index (κ2) is 5.27. The van der Waals surface area contributed by atoms with E-state index < -0.39 is 0 Å². The van der Waals surface area contributed by atoms with Gasteiger partial charge in [-0.05, 0) is 25.1 Å². The number of carbonyl (C=O) groups is 1. The number of rotatable bonds is 2. The van der Waals surface area contributed by atoms with Gasteiger partial charge in [-0.1, -0.05) is 0 Å². The van der Waals surface area contributed by atoms with E-state index in [9.17, 15) is 4.79 Å². The van der Waals surface area contributed by atoms with Gasteiger partial charge in [0.2, 0.25) is 5.91 Å². The number of aryl methyl sites for hydroxylation is 1. The van der Waals surface area contributed by atoms with Crippen LogP contribution in [0.25, 0.3) is 6.08 Å². The van der Waals surface area contributed by atoms with Gasteiger partial charge in [0.1, 0.15) is 0 Å². The number of amides is 1. The number of hydrogen-bond acceptors (Lipinski definition) is 3. The van der Waals surface area contributed by atoms with Gasteiger partial charge in [0.05, 0.1) is 13.2 Å². The summed E-state index contributed by atoms with van der Waals surface area (Å²) in [5.41, 5.74) is 0. The molecular formula is C12H15NO2S. The van der Waals surface area contributed by atoms with Crippen LogP contribution in [0, 0.1) is 6.92 Å². The molecule has 0 atom stereocenters. The number of nitrogens with zero attached hydrogens (tertiary/aromatic N) is 1. The van der Waals surface area contributed by atoms with Crippen LogP contribution >= 0.6 is 11.3 Å². The number of thiophene rings is 1. The monoisotopic (exact) mass is 237 g/mol. The molecule has 16 heavy (non-hydrogen) atoms. The summed E-state index contributed by atoms with van der Waals surface area (Å²) in [6.45, 7) is 4.76. The zero-order valence-electron chi connectivity index (χ0n) is 9.31. The topological polar surface area (TPSA) is 29.5 Å². The maximum atomic E-state index is 11.8. The summed E-state index contributed by atoms with van der Waals surface area (Å²) in [6.07, 6.45) is 3.53. The van der Waals surface area contributed by atoms with E-state index in [-0.39, 0.29) is 5.91 Å². The second-order valence-electron chi connectivity index (χ2n) is 3.72. The Kier molecular flexibility index (Phi) is 3.74. The normalized spacial score (nSPS) is 16.9. The van der Waals surface area contributed by atoms with Crippen molar-refractivity contribution in [1.82, 2.24) is 4.90 Å². The molecule has 1 aromatic rings. The predicted molar refractivity (Wildman–Crippen MR) is 65.5 cm³/mol. The predicted octanol–water partition coefficient (Wildman–Crippen LogP) is 1.93. The lowest BCUT2D eigenvalue weighted by Crippen LogP contribution is -2.39. The summed E-state index contributed by atoms with van der Waals surface area (Å²) >= 11 is 1.69. The highest BCUT2D eigenvalue weighted by atomic mass is 32.1. The third-order valence-corrected chi connectivity index (χ3v) is 3.44. The quantitative estimate of drug-likeness (QED) is 0.736. The van der Waals surface area contributed by atoms with Gasteiger partial charge in [-0.15, -0.1) is 11.3 Å². The standard InChI is InChI=1S/C12H15NO2S/c1-10-2-3-11(16-10)4-5-12(14)13-6-8-15-9-7-13/h2-5H,6-9H2,1H3. The minimum Gasteiger partial charge on any atom is -0.378 e. The lowest BCUT2D eigenvalue weighted by Gasteiger charge is -2.25. The molecule has 0 aromatic carbocycles. The molecule has 0 saturated carbocycles. The van der Waals surface area contributed by atoms with E-state index in [4.69, 9.17) is 4.74 Å². The molecule has 3 nitrogen and oxygen atoms in total. The highest BCUT2D eigenvalue weighted by Crippen LogP contribution is 2.16. The van der Waals surface area contributed by atoms with Crippen molar-refractivity contribution in [2.45, 2.75) is 6.92 Å². The Morgan fingerprint density at radius 3 is 2.81 bits per heavy atom. The van der Waals surface area contributed by atoms with E-state index in [1.807, 2.05) is 17.0 Å². The molecule has 1 amide bonds. The Morgan fingerprint density at radius 1 is 1.44 bits per heavy atom. The third-order valence-electron chi connectivity index (χ3n) is 2.47. The first kappa shape index (κ1) is 11.4. The zero-order valence-corrected chi connectivity index (χ0v) is 10.1. The van der Waals surface area contributed by atoms with Gasteiger partial charge in [0.25, 0.3) is 0 Å². The Morgan fingerprint density at radius 2 is 2.19 bits per heavy atom. The minimum absolute atomic E-state index is 0.0781. The van der Waals surface area contributed by atoms with Crippen LogP contribution in [-0.2, 0) is 9.53 Å². The lowest BCUT2D eigenvalue weighted by molar-refractivity contribution is -0.129. The van der Waals surface area contributed by atoms with Gasteiger partial charge in [-0.3, -0.25) is 4.79 Å². The Hall–Kier alpha value is -1.13. The molecule has 0 spiro atoms. The van der Waals surface area contributed by atoms with Crippen LogP contribution in [0.2, 0.25) is 0 Å². The molecule has 1 saturated heterocycles. The molecule has 2 heterocycles. The molecule has 0 N–H and O–H groups in total. The smallest absolute Gasteiger partial charge is 0.246 e. The highest BCUT2D eigenvalue weighted by molar-refractivity contribution is 7.12. The molecule has 4 heteroatoms. The first-order valence-corrected chi connectivity index (χ1v) is 6.18. The van der Waals surface area contributed by atoms with Crippen molar-refractivity contribution in [3.63, 3.8) is 0 Å². The molecule has 0 bridgehead atoms. The van der Waals surface area contributed by atoms with Crippen LogP contribution in [0.3, 0.4) is 0 Å². The third kappa shape index (κ3) is 2.93. The van der Waals surface area contributed by atoms with Crippen molar-refractivity contribution < 1.29 is 9.53 Å². The maximum absolute atomic E-state index is 11.8. The van der Waals surface area contributed by atoms with E-state index in [1.54, 1.807) is 17.4 Å². The van der Waals surface area contributed by atoms with E-state index >= 15 is 0 Å². The summed E-state index contributed by atoms with van der Waals surface area (Å²) < 4.78 is 5.20. The summed E-state index contributed by atoms with van der Waals surface area (Å²) in [4.78, 5) is 16.0. The molecule has 1 aromatic heterocycles. The molecule has 0 aliphatic carbocycles. The Labute approximate surface area is 99.3 Å². The summed E-state index contributed by atoms with van der Waals surface area (Å²) in [5.74, 6) is 0.0781. The van der Waals surface area contributed by atoms with Crippen LogP contribution in [-0.4, -0.2) is 37.1 Å². The number of carbonyl (C=O) groups excluding carboxylic acids is 1. The van der Waals surface area contributed by atoms with Gasteiger partial charge < -0.3 is 9.64 Å². The van der Waals surface area contributed by atoms with Gasteiger partial charge in [-0.2, -0.15) is 0 Å². The van der Waals surface area contributed by atoms with Crippen LogP contribution in [0.1, 0.15) is 9.75 Å². The van der Waals surface area contributed by atoms with Crippen molar-refractivity contribution in [2.75, 3.05) is 26.3 Å². The SMILES string of the molecule is Cc1ccc(C=CC(=O)N2CCOCC2)s1. The molecule has 1 fully saturated rings. The molecular weight excluding hydrogens is 222 g/mol. The van der Waals surface area contributed by atoms with Crippen molar-refractivity contribution in [2.24, 2.45) is 0 Å². The van der Waals surface area contributed by atoms with E-state index in [0.717, 1.165) is 4.88 Å². The maximum Gasteiger partial charge on any atom is 0.246 e. The average molecular weight is 237 g/mol. The first-order valence-electron chi connectivity index (χ1n) is 5.37. The number of morpholine rings is 1. The average Bonchev–Trinajstić information content (AvgIpc) is 2.73. The van der Waals surface area contributed by atoms with Gasteiger partial charge in [0, 0.05) is 28.9 Å². The van der Waals surface area contributed by atoms with Crippen molar-refractivity contribution in [3.05, 3.63) is 28.0 Å². The van der Waals surface area contributed by atoms with Crippen LogP contribution in [0.5, 0.6) is 0 Å². The summed E-state index contributed by atoms with van der Waals surface area (Å²) in [5, 5.41) is 0. The second-order valence-corrected chi connectivity index (χ2v) is 5.04. The van der Waals surface area contributed by atoms with E-state index in [0.29, 0.717) is 26.3 Å². The first-order chi connectivity index (χ1) is 7.75. The Balaban J connectivity index is 1.93. The number of hydrogen-bond donors (Lipinski definition) is 0. The van der Waals surface area contributed by atoms with Crippen LogP contribution in [0.15, 0.2) is 18.2 Å². The van der Waals surface area contributed by atoms with Gasteiger partial charge in [-0.25, -0.2) is 0 Å². The fraction of sp³-hybridized carbons (Fsp3) is 0.417. The highest BCUT2D eigenvalue weighted by Gasteiger charge is 2.13. The fourth-order valence-electron chi connectivity index (χ4n) is 1.59. The summed E-state index contributed by atoms with van der Waals surface area (Å²) in [6, 6.07) is 4.09. The van der Waals surface area contributed by atoms with Crippen LogP contribution < -0.4 is 0 Å². The zero-order chi connectivity index (χ0) is 11.4. The molecule has 1 aliphatic rings. The molecule has 0 unspecified atom stereocenters. The van der Waals surface area contributed by atoms with Gasteiger partial charge >= 0.3 is 0 Å².